The summed E-state index contributed by atoms with van der Waals surface area (Å²) in [5, 5.41) is 0. The molecule has 0 radical (unpaired) electrons. The third-order valence-corrected chi connectivity index (χ3v) is 3.34. The second kappa shape index (κ2) is 2.71. The van der Waals surface area contributed by atoms with Crippen LogP contribution in [0.25, 0.3) is 0 Å². The Morgan fingerprint density at radius 2 is 2.69 bits per heavy atom. The van der Waals surface area contributed by atoms with Crippen LogP contribution in [-0.4, -0.2) is 24.7 Å². The summed E-state index contributed by atoms with van der Waals surface area (Å²) < 4.78 is 38.8. The molecule has 3 fully saturated rings. The van der Waals surface area contributed by atoms with Gasteiger partial charge in [0.15, 0.2) is 0 Å². The van der Waals surface area contributed by atoms with Gasteiger partial charge in [0.25, 0.3) is 0 Å². The maximum atomic E-state index is 11.8. The highest BCUT2D eigenvalue weighted by molar-refractivity contribution is 5.75. The molecule has 0 N–H and O–H groups in total. The molecule has 2 heterocycles. The molecule has 3 rings (SSSR count). The van der Waals surface area contributed by atoms with Crippen LogP contribution in [0.5, 0.6) is 0 Å². The quantitative estimate of drug-likeness (QED) is 0.614. The minimum absolute atomic E-state index is 0.119. The topological polar surface area (TPSA) is 35.5 Å². The molecular formula is C10H16O3. The van der Waals surface area contributed by atoms with Crippen LogP contribution >= 0.6 is 0 Å². The average molecular weight is 188 g/mol. The van der Waals surface area contributed by atoms with E-state index in [1.807, 2.05) is 6.92 Å². The Balaban J connectivity index is 2.19. The maximum Gasteiger partial charge on any atom is 0.311 e. The normalized spacial score (nSPS) is 58.3. The molecule has 2 bridgehead atoms. The molecule has 3 nitrogen and oxygen atoms in total. The molecule has 2 unspecified atom stereocenters. The first-order valence-electron chi connectivity index (χ1n) is 6.55. The molecular weight excluding hydrogens is 168 g/mol. The average Bonchev–Trinajstić information content (AvgIpc) is 2.50. The fraction of sp³-hybridized carbons (Fsp3) is 0.900. The van der Waals surface area contributed by atoms with Crippen molar-refractivity contribution in [1.29, 1.82) is 0 Å². The lowest BCUT2D eigenvalue weighted by atomic mass is 9.80. The van der Waals surface area contributed by atoms with E-state index in [4.69, 9.17) is 10.2 Å². The van der Waals surface area contributed by atoms with Gasteiger partial charge in [0.1, 0.15) is 0 Å². The lowest BCUT2D eigenvalue weighted by Crippen LogP contribution is -2.53. The van der Waals surface area contributed by atoms with Crippen molar-refractivity contribution < 1.29 is 19.8 Å². The van der Waals surface area contributed by atoms with Crippen LogP contribution in [0, 0.1) is 11.8 Å². The minimum atomic E-state index is -2.80. The van der Waals surface area contributed by atoms with Gasteiger partial charge in [-0.25, -0.2) is 0 Å². The van der Waals surface area contributed by atoms with Gasteiger partial charge in [-0.05, 0) is 19.8 Å². The van der Waals surface area contributed by atoms with E-state index in [1.165, 1.54) is 0 Å². The van der Waals surface area contributed by atoms with Crippen LogP contribution in [0.1, 0.15) is 32.2 Å². The lowest BCUT2D eigenvalue weighted by molar-refractivity contribution is -0.215. The Morgan fingerprint density at radius 3 is 3.23 bits per heavy atom. The van der Waals surface area contributed by atoms with Gasteiger partial charge >= 0.3 is 5.97 Å². The number of hydrogen-bond acceptors (Lipinski definition) is 3. The summed E-state index contributed by atoms with van der Waals surface area (Å²) in [4.78, 5) is 11.8. The molecule has 0 amide bonds. The number of hydrogen-bond donors (Lipinski definition) is 0. The summed E-state index contributed by atoms with van der Waals surface area (Å²) >= 11 is 0. The molecule has 1 saturated carbocycles. The number of esters is 1. The third-order valence-electron chi connectivity index (χ3n) is 3.34. The Hall–Kier alpha value is -0.570. The van der Waals surface area contributed by atoms with Crippen molar-refractivity contribution in [2.75, 3.05) is 7.04 Å². The van der Waals surface area contributed by atoms with Gasteiger partial charge in [0.05, 0.1) is 28.7 Å². The number of fused-ring (bicyclic) bond motifs is 1. The zero-order valence-corrected chi connectivity index (χ0v) is 7.79. The Labute approximate surface area is 84.0 Å². The molecule has 3 heteroatoms. The summed E-state index contributed by atoms with van der Waals surface area (Å²) in [6.45, 7) is 3.66. The zero-order chi connectivity index (χ0) is 13.1. The van der Waals surface area contributed by atoms with Crippen molar-refractivity contribution in [1.82, 2.24) is 0 Å². The van der Waals surface area contributed by atoms with Crippen molar-refractivity contribution in [3.63, 3.8) is 0 Å². The van der Waals surface area contributed by atoms with Gasteiger partial charge in [-0.1, -0.05) is 6.92 Å². The molecule has 74 valence electrons. The smallest absolute Gasteiger partial charge is 0.311 e. The van der Waals surface area contributed by atoms with Gasteiger partial charge < -0.3 is 9.47 Å². The first-order chi connectivity index (χ1) is 7.64. The van der Waals surface area contributed by atoms with E-state index in [-0.39, 0.29) is 18.4 Å². The number of carbonyl (C=O) groups excluding carboxylic acids is 1. The number of methoxy groups -OCH3 is 1. The van der Waals surface area contributed by atoms with Crippen LogP contribution in [0.3, 0.4) is 0 Å². The minimum Gasteiger partial charge on any atom is -0.469 e. The van der Waals surface area contributed by atoms with E-state index >= 15 is 0 Å². The summed E-state index contributed by atoms with van der Waals surface area (Å²) in [5.74, 6) is -2.46. The number of carbonyl (C=O) groups is 1. The second-order valence-corrected chi connectivity index (χ2v) is 3.85. The van der Waals surface area contributed by atoms with Gasteiger partial charge in [-0.3, -0.25) is 4.79 Å². The molecule has 0 aromatic rings. The van der Waals surface area contributed by atoms with Crippen molar-refractivity contribution in [2.24, 2.45) is 11.8 Å². The van der Waals surface area contributed by atoms with Crippen LogP contribution < -0.4 is 0 Å². The summed E-state index contributed by atoms with van der Waals surface area (Å²) in [7, 11) is -2.80. The molecule has 0 aromatic heterocycles. The molecule has 0 aromatic carbocycles. The summed E-state index contributed by atoms with van der Waals surface area (Å²) in [6.07, 6.45) is 0.909. The fourth-order valence-electron chi connectivity index (χ4n) is 2.65. The van der Waals surface area contributed by atoms with Crippen LogP contribution in [0.15, 0.2) is 0 Å². The van der Waals surface area contributed by atoms with Crippen LogP contribution in [0.2, 0.25) is 0 Å². The predicted octanol–water partition coefficient (Wildman–Crippen LogP) is 1.36. The van der Waals surface area contributed by atoms with E-state index in [0.717, 1.165) is 6.42 Å². The SMILES string of the molecule is [2H]C([2H])([2H])OC(=O)C1([2H])C[C@@H]2O[C@@]1(C)C2CC. The lowest BCUT2D eigenvalue weighted by Gasteiger charge is -2.46. The molecule has 0 spiro atoms. The highest BCUT2D eigenvalue weighted by Gasteiger charge is 2.65. The molecule has 2 aliphatic heterocycles. The maximum absolute atomic E-state index is 11.8. The Kier molecular flexibility index (Phi) is 1.11. The Morgan fingerprint density at radius 1 is 1.92 bits per heavy atom. The van der Waals surface area contributed by atoms with E-state index in [0.29, 0.717) is 0 Å². The van der Waals surface area contributed by atoms with Gasteiger partial charge in [-0.15, -0.1) is 0 Å². The first-order valence-corrected chi connectivity index (χ1v) is 4.55. The molecule has 2 saturated heterocycles. The first kappa shape index (κ1) is 5.35. The largest absolute Gasteiger partial charge is 0.469 e. The van der Waals surface area contributed by atoms with Crippen molar-refractivity contribution in [3.05, 3.63) is 0 Å². The standard InChI is InChI=1S/C10H16O3/c1-4-6-8-5-7(9(11)12-3)10(6,2)13-8/h6-8H,4-5H2,1-3H3/t6?,7?,8-,10-/m0/s1/i3D3,7D. The predicted molar refractivity (Wildman–Crippen MR) is 47.2 cm³/mol. The second-order valence-electron chi connectivity index (χ2n) is 3.85. The number of ether oxygens (including phenoxy) is 2. The highest BCUT2D eigenvalue weighted by Crippen LogP contribution is 2.56. The van der Waals surface area contributed by atoms with Crippen LogP contribution in [0.4, 0.5) is 0 Å². The molecule has 3 aliphatic rings. The summed E-state index contributed by atoms with van der Waals surface area (Å²) in [6, 6.07) is 0. The Bertz CT molecular complexity index is 356. The number of rotatable bonds is 2. The zero-order valence-electron chi connectivity index (χ0n) is 11.8. The molecule has 1 aliphatic carbocycles. The van der Waals surface area contributed by atoms with E-state index < -0.39 is 24.5 Å². The van der Waals surface area contributed by atoms with Crippen molar-refractivity contribution >= 4 is 5.97 Å². The van der Waals surface area contributed by atoms with Gasteiger partial charge in [0, 0.05) is 7.29 Å². The van der Waals surface area contributed by atoms with Gasteiger partial charge in [0.2, 0.25) is 0 Å². The molecule has 4 atom stereocenters. The van der Waals surface area contributed by atoms with Crippen molar-refractivity contribution in [3.8, 4) is 0 Å². The van der Waals surface area contributed by atoms with E-state index in [9.17, 15) is 4.79 Å². The fourth-order valence-corrected chi connectivity index (χ4v) is 2.65. The van der Waals surface area contributed by atoms with E-state index in [1.54, 1.807) is 6.92 Å². The highest BCUT2D eigenvalue weighted by atomic mass is 16.6. The monoisotopic (exact) mass is 188 g/mol. The van der Waals surface area contributed by atoms with Crippen LogP contribution in [-0.2, 0) is 14.3 Å². The summed E-state index contributed by atoms with van der Waals surface area (Å²) in [5.41, 5.74) is -0.908. The van der Waals surface area contributed by atoms with Crippen molar-refractivity contribution in [2.45, 2.75) is 38.4 Å². The molecule has 13 heavy (non-hydrogen) atoms. The van der Waals surface area contributed by atoms with Gasteiger partial charge in [-0.2, -0.15) is 0 Å². The third kappa shape index (κ3) is 0.966. The van der Waals surface area contributed by atoms with E-state index in [2.05, 4.69) is 4.74 Å².